The molecule has 0 saturated heterocycles. The van der Waals surface area contributed by atoms with Gasteiger partial charge in [0, 0.05) is 6.54 Å². The molecule has 2 rings (SSSR count). The molecule has 0 fully saturated rings. The molecule has 4 heteroatoms. The lowest BCUT2D eigenvalue weighted by Gasteiger charge is -2.07. The number of hydrogen-bond acceptors (Lipinski definition) is 4. The molecule has 0 radical (unpaired) electrons. The van der Waals surface area contributed by atoms with Gasteiger partial charge in [0.25, 0.3) is 0 Å². The van der Waals surface area contributed by atoms with Crippen molar-refractivity contribution in [2.24, 2.45) is 0 Å². The zero-order chi connectivity index (χ0) is 12.8. The van der Waals surface area contributed by atoms with Crippen LogP contribution in [0.4, 0.5) is 0 Å². The Kier molecular flexibility index (Phi) is 3.90. The minimum Gasteiger partial charge on any atom is -0.456 e. The molecule has 1 aromatic heterocycles. The number of hydrogen-bond donors (Lipinski definition) is 1. The van der Waals surface area contributed by atoms with E-state index in [1.54, 1.807) is 18.3 Å². The van der Waals surface area contributed by atoms with Crippen LogP contribution in [-0.4, -0.2) is 12.0 Å². The highest BCUT2D eigenvalue weighted by Gasteiger charge is 2.00. The van der Waals surface area contributed by atoms with Gasteiger partial charge in [0.05, 0.1) is 6.20 Å². The van der Waals surface area contributed by atoms with Crippen molar-refractivity contribution in [1.29, 1.82) is 5.26 Å². The monoisotopic (exact) mass is 239 g/mol. The van der Waals surface area contributed by atoms with Gasteiger partial charge in [-0.1, -0.05) is 12.1 Å². The maximum absolute atomic E-state index is 8.65. The van der Waals surface area contributed by atoms with E-state index in [0.717, 1.165) is 17.9 Å². The lowest BCUT2D eigenvalue weighted by atomic mass is 10.2. The van der Waals surface area contributed by atoms with Crippen LogP contribution in [0.5, 0.6) is 11.5 Å². The Morgan fingerprint density at radius 2 is 2.17 bits per heavy atom. The molecule has 0 spiro atoms. The predicted octanol–water partition coefficient (Wildman–Crippen LogP) is 2.46. The van der Waals surface area contributed by atoms with Crippen LogP contribution in [0.1, 0.15) is 11.3 Å². The van der Waals surface area contributed by atoms with E-state index in [-0.39, 0.29) is 0 Å². The van der Waals surface area contributed by atoms with Gasteiger partial charge >= 0.3 is 0 Å². The zero-order valence-corrected chi connectivity index (χ0v) is 10.1. The Morgan fingerprint density at radius 3 is 2.83 bits per heavy atom. The molecule has 0 aliphatic heterocycles. The van der Waals surface area contributed by atoms with Crippen LogP contribution in [0.25, 0.3) is 0 Å². The van der Waals surface area contributed by atoms with Gasteiger partial charge in [-0.3, -0.25) is 0 Å². The third kappa shape index (κ3) is 3.06. The summed E-state index contributed by atoms with van der Waals surface area (Å²) in [5, 5.41) is 11.7. The average Bonchev–Trinajstić information content (AvgIpc) is 2.40. The molecule has 0 bridgehead atoms. The molecule has 1 heterocycles. The SMILES string of the molecule is CNCc1cccc(Oc2ccc(C#N)nc2)c1. The highest BCUT2D eigenvalue weighted by molar-refractivity contribution is 5.34. The third-order valence-corrected chi connectivity index (χ3v) is 2.37. The lowest BCUT2D eigenvalue weighted by Crippen LogP contribution is -2.04. The van der Waals surface area contributed by atoms with Gasteiger partial charge in [-0.05, 0) is 36.9 Å². The standard InChI is InChI=1S/C14H13N3O/c1-16-9-11-3-2-4-13(7-11)18-14-6-5-12(8-15)17-10-14/h2-7,10,16H,9H2,1H3. The summed E-state index contributed by atoms with van der Waals surface area (Å²) in [5.74, 6) is 1.38. The van der Waals surface area contributed by atoms with Gasteiger partial charge < -0.3 is 10.1 Å². The number of aromatic nitrogens is 1. The van der Waals surface area contributed by atoms with E-state index < -0.39 is 0 Å². The van der Waals surface area contributed by atoms with E-state index in [0.29, 0.717) is 11.4 Å². The first-order valence-corrected chi connectivity index (χ1v) is 5.59. The maximum atomic E-state index is 8.65. The van der Waals surface area contributed by atoms with Crippen LogP contribution in [0, 0.1) is 11.3 Å². The average molecular weight is 239 g/mol. The molecule has 0 saturated carbocycles. The van der Waals surface area contributed by atoms with Crippen molar-refractivity contribution in [3.63, 3.8) is 0 Å². The van der Waals surface area contributed by atoms with Crippen LogP contribution >= 0.6 is 0 Å². The summed E-state index contributed by atoms with van der Waals surface area (Å²) in [6, 6.07) is 13.2. The Hall–Kier alpha value is -2.38. The number of nitrogens with zero attached hydrogens (tertiary/aromatic N) is 2. The first kappa shape index (κ1) is 12.1. The molecular weight excluding hydrogens is 226 g/mol. The normalized spacial score (nSPS) is 9.78. The summed E-state index contributed by atoms with van der Waals surface area (Å²) in [5.41, 5.74) is 1.53. The fourth-order valence-corrected chi connectivity index (χ4v) is 1.57. The van der Waals surface area contributed by atoms with Gasteiger partial charge in [0.1, 0.15) is 23.3 Å². The lowest BCUT2D eigenvalue weighted by molar-refractivity contribution is 0.479. The Balaban J connectivity index is 2.12. The largest absolute Gasteiger partial charge is 0.456 e. The minimum absolute atomic E-state index is 0.381. The molecule has 4 nitrogen and oxygen atoms in total. The van der Waals surface area contributed by atoms with Crippen LogP contribution in [0.2, 0.25) is 0 Å². The van der Waals surface area contributed by atoms with Crippen molar-refractivity contribution < 1.29 is 4.74 Å². The van der Waals surface area contributed by atoms with Crippen LogP contribution < -0.4 is 10.1 Å². The first-order chi connectivity index (χ1) is 8.81. The number of rotatable bonds is 4. The molecular formula is C14H13N3O. The summed E-state index contributed by atoms with van der Waals surface area (Å²) in [4.78, 5) is 3.95. The summed E-state index contributed by atoms with van der Waals surface area (Å²) in [6.07, 6.45) is 1.54. The number of pyridine rings is 1. The molecule has 1 aromatic carbocycles. The Labute approximate surface area is 106 Å². The molecule has 90 valence electrons. The molecule has 0 aliphatic rings. The van der Waals surface area contributed by atoms with Crippen molar-refractivity contribution in [3.8, 4) is 17.6 Å². The minimum atomic E-state index is 0.381. The second kappa shape index (κ2) is 5.80. The Morgan fingerprint density at radius 1 is 1.28 bits per heavy atom. The van der Waals surface area contributed by atoms with Crippen molar-refractivity contribution in [2.75, 3.05) is 7.05 Å². The molecule has 0 aliphatic carbocycles. The van der Waals surface area contributed by atoms with Crippen LogP contribution in [-0.2, 0) is 6.54 Å². The van der Waals surface area contributed by atoms with Gasteiger partial charge in [-0.15, -0.1) is 0 Å². The molecule has 2 aromatic rings. The van der Waals surface area contributed by atoms with E-state index in [4.69, 9.17) is 10.00 Å². The number of nitriles is 1. The summed E-state index contributed by atoms with van der Waals surface area (Å²) in [7, 11) is 1.90. The van der Waals surface area contributed by atoms with E-state index in [1.807, 2.05) is 37.4 Å². The van der Waals surface area contributed by atoms with Crippen molar-refractivity contribution in [3.05, 3.63) is 53.9 Å². The van der Waals surface area contributed by atoms with E-state index >= 15 is 0 Å². The quantitative estimate of drug-likeness (QED) is 0.890. The van der Waals surface area contributed by atoms with E-state index in [2.05, 4.69) is 10.3 Å². The van der Waals surface area contributed by atoms with Crippen LogP contribution in [0.15, 0.2) is 42.6 Å². The van der Waals surface area contributed by atoms with E-state index in [1.165, 1.54) is 0 Å². The second-order valence-electron chi connectivity index (χ2n) is 3.77. The zero-order valence-electron chi connectivity index (χ0n) is 10.1. The summed E-state index contributed by atoms with van der Waals surface area (Å²) >= 11 is 0. The fourth-order valence-electron chi connectivity index (χ4n) is 1.57. The number of ether oxygens (including phenoxy) is 1. The Bertz CT molecular complexity index is 558. The molecule has 1 N–H and O–H groups in total. The molecule has 18 heavy (non-hydrogen) atoms. The summed E-state index contributed by atoms with van der Waals surface area (Å²) < 4.78 is 5.67. The fraction of sp³-hybridized carbons (Fsp3) is 0.143. The number of benzene rings is 1. The molecule has 0 amide bonds. The predicted molar refractivity (Wildman–Crippen MR) is 68.2 cm³/mol. The topological polar surface area (TPSA) is 57.9 Å². The summed E-state index contributed by atoms with van der Waals surface area (Å²) in [6.45, 7) is 0.794. The highest BCUT2D eigenvalue weighted by Crippen LogP contribution is 2.21. The van der Waals surface area contributed by atoms with Crippen molar-refractivity contribution >= 4 is 0 Å². The number of nitrogens with one attached hydrogen (secondary N) is 1. The van der Waals surface area contributed by atoms with Crippen LogP contribution in [0.3, 0.4) is 0 Å². The van der Waals surface area contributed by atoms with Gasteiger partial charge in [0.15, 0.2) is 0 Å². The smallest absolute Gasteiger partial charge is 0.145 e. The van der Waals surface area contributed by atoms with Crippen molar-refractivity contribution in [1.82, 2.24) is 10.3 Å². The van der Waals surface area contributed by atoms with Gasteiger partial charge in [0.2, 0.25) is 0 Å². The maximum Gasteiger partial charge on any atom is 0.145 e. The molecule has 0 unspecified atom stereocenters. The van der Waals surface area contributed by atoms with Crippen molar-refractivity contribution in [2.45, 2.75) is 6.54 Å². The first-order valence-electron chi connectivity index (χ1n) is 5.59. The van der Waals surface area contributed by atoms with Gasteiger partial charge in [-0.25, -0.2) is 4.98 Å². The van der Waals surface area contributed by atoms with E-state index in [9.17, 15) is 0 Å². The molecule has 0 atom stereocenters. The third-order valence-electron chi connectivity index (χ3n) is 2.37. The highest BCUT2D eigenvalue weighted by atomic mass is 16.5. The van der Waals surface area contributed by atoms with Gasteiger partial charge in [-0.2, -0.15) is 5.26 Å². The second-order valence-corrected chi connectivity index (χ2v) is 3.77.